The monoisotopic (exact) mass is 496 g/mol. The van der Waals surface area contributed by atoms with E-state index in [0.29, 0.717) is 23.1 Å². The zero-order valence-corrected chi connectivity index (χ0v) is 21.5. The Morgan fingerprint density at radius 1 is 0.857 bits per heavy atom. The fourth-order valence-corrected chi connectivity index (χ4v) is 5.13. The minimum Gasteiger partial charge on any atom is -0.493 e. The van der Waals surface area contributed by atoms with Crippen molar-refractivity contribution in [1.29, 1.82) is 0 Å². The summed E-state index contributed by atoms with van der Waals surface area (Å²) >= 11 is 0. The van der Waals surface area contributed by atoms with Crippen LogP contribution < -0.4 is 19.1 Å². The predicted molar refractivity (Wildman–Crippen MR) is 138 cm³/mol. The van der Waals surface area contributed by atoms with E-state index in [1.54, 1.807) is 56.7 Å². The Bertz CT molecular complexity index is 1240. The highest BCUT2D eigenvalue weighted by atomic mass is 32.2. The number of anilines is 1. The van der Waals surface area contributed by atoms with Crippen LogP contribution in [-0.4, -0.2) is 35.1 Å². The molecule has 0 aromatic heterocycles. The molecule has 7 nitrogen and oxygen atoms in total. The van der Waals surface area contributed by atoms with Crippen molar-refractivity contribution in [1.82, 2.24) is 5.32 Å². The molecule has 3 aromatic carbocycles. The van der Waals surface area contributed by atoms with E-state index in [0.717, 1.165) is 15.4 Å². The van der Waals surface area contributed by atoms with E-state index in [4.69, 9.17) is 9.47 Å². The molecule has 0 aliphatic carbocycles. The molecule has 0 aliphatic heterocycles. The molecule has 3 aromatic rings. The van der Waals surface area contributed by atoms with Gasteiger partial charge in [-0.05, 0) is 60.4 Å². The molecule has 0 saturated carbocycles. The van der Waals surface area contributed by atoms with Crippen LogP contribution >= 0.6 is 0 Å². The maximum Gasteiger partial charge on any atom is 0.264 e. The third-order valence-corrected chi connectivity index (χ3v) is 7.54. The largest absolute Gasteiger partial charge is 0.493 e. The first-order valence-corrected chi connectivity index (χ1v) is 12.8. The molecule has 3 rings (SSSR count). The van der Waals surface area contributed by atoms with E-state index in [1.807, 2.05) is 25.1 Å². The van der Waals surface area contributed by atoms with E-state index in [9.17, 15) is 13.2 Å². The Morgan fingerprint density at radius 3 is 2.03 bits per heavy atom. The van der Waals surface area contributed by atoms with Crippen molar-refractivity contribution in [3.63, 3.8) is 0 Å². The normalized spacial score (nSPS) is 12.2. The highest BCUT2D eigenvalue weighted by Crippen LogP contribution is 2.30. The quantitative estimate of drug-likeness (QED) is 0.432. The van der Waals surface area contributed by atoms with Crippen molar-refractivity contribution < 1.29 is 22.7 Å². The molecule has 0 aliphatic rings. The van der Waals surface area contributed by atoms with Crippen molar-refractivity contribution in [2.75, 3.05) is 25.1 Å². The molecule has 35 heavy (non-hydrogen) atoms. The molecule has 1 amide bonds. The van der Waals surface area contributed by atoms with E-state index in [-0.39, 0.29) is 17.5 Å². The number of rotatable bonds is 10. The lowest BCUT2D eigenvalue weighted by Crippen LogP contribution is -2.41. The number of carbonyl (C=O) groups excluding carboxylic acids is 1. The molecule has 0 spiro atoms. The van der Waals surface area contributed by atoms with Crippen LogP contribution in [0, 0.1) is 0 Å². The summed E-state index contributed by atoms with van der Waals surface area (Å²) in [7, 11) is -0.869. The van der Waals surface area contributed by atoms with Crippen LogP contribution in [0.1, 0.15) is 43.9 Å². The lowest BCUT2D eigenvalue weighted by Gasteiger charge is -2.25. The molecular weight excluding hydrogens is 464 g/mol. The standard InChI is InChI=1S/C27H32N2O5S/c1-19(2)21-11-14-23(15-12-21)29(35(31,32)24-9-7-6-8-10-24)18-27(30)28-20(3)22-13-16-25(33-4)26(17-22)34-5/h6-17,19-20H,18H2,1-5H3,(H,28,30). The Morgan fingerprint density at radius 2 is 1.46 bits per heavy atom. The average Bonchev–Trinajstić information content (AvgIpc) is 2.87. The molecular formula is C27H32N2O5S. The summed E-state index contributed by atoms with van der Waals surface area (Å²) in [6.45, 7) is 5.59. The third kappa shape index (κ3) is 6.14. The number of amides is 1. The van der Waals surface area contributed by atoms with Gasteiger partial charge in [-0.1, -0.05) is 50.2 Å². The second-order valence-corrected chi connectivity index (χ2v) is 10.3. The Balaban J connectivity index is 1.88. The number of hydrogen-bond acceptors (Lipinski definition) is 5. The van der Waals surface area contributed by atoms with E-state index in [2.05, 4.69) is 19.2 Å². The van der Waals surface area contributed by atoms with Gasteiger partial charge in [0.1, 0.15) is 6.54 Å². The van der Waals surface area contributed by atoms with E-state index in [1.165, 1.54) is 12.1 Å². The van der Waals surface area contributed by atoms with Crippen molar-refractivity contribution in [2.45, 2.75) is 37.6 Å². The van der Waals surface area contributed by atoms with Gasteiger partial charge in [0, 0.05) is 0 Å². The SMILES string of the molecule is COc1ccc(C(C)NC(=O)CN(c2ccc(C(C)C)cc2)S(=O)(=O)c2ccccc2)cc1OC. The highest BCUT2D eigenvalue weighted by molar-refractivity contribution is 7.92. The third-order valence-electron chi connectivity index (χ3n) is 5.75. The first kappa shape index (κ1) is 26.1. The zero-order valence-electron chi connectivity index (χ0n) is 20.7. The smallest absolute Gasteiger partial charge is 0.264 e. The van der Waals surface area contributed by atoms with Crippen molar-refractivity contribution >= 4 is 21.6 Å². The maximum absolute atomic E-state index is 13.5. The van der Waals surface area contributed by atoms with Gasteiger partial charge in [-0.15, -0.1) is 0 Å². The average molecular weight is 497 g/mol. The van der Waals surface area contributed by atoms with Crippen LogP contribution in [0.2, 0.25) is 0 Å². The van der Waals surface area contributed by atoms with Crippen LogP contribution in [-0.2, 0) is 14.8 Å². The summed E-state index contributed by atoms with van der Waals surface area (Å²) in [5.41, 5.74) is 2.30. The first-order chi connectivity index (χ1) is 16.7. The van der Waals surface area contributed by atoms with Crippen molar-refractivity contribution in [3.05, 3.63) is 83.9 Å². The zero-order chi connectivity index (χ0) is 25.6. The van der Waals surface area contributed by atoms with Crippen molar-refractivity contribution in [3.8, 4) is 11.5 Å². The van der Waals surface area contributed by atoms with Crippen LogP contribution in [0.25, 0.3) is 0 Å². The summed E-state index contributed by atoms with van der Waals surface area (Å²) in [5, 5.41) is 2.90. The van der Waals surface area contributed by atoms with Crippen molar-refractivity contribution in [2.24, 2.45) is 0 Å². The van der Waals surface area contributed by atoms with Gasteiger partial charge in [0.15, 0.2) is 11.5 Å². The van der Waals surface area contributed by atoms with Gasteiger partial charge in [0.2, 0.25) is 5.91 Å². The Labute approximate surface area is 207 Å². The van der Waals surface area contributed by atoms with E-state index < -0.39 is 15.9 Å². The van der Waals surface area contributed by atoms with Gasteiger partial charge in [-0.3, -0.25) is 9.10 Å². The fourth-order valence-electron chi connectivity index (χ4n) is 3.68. The molecule has 0 radical (unpaired) electrons. The summed E-state index contributed by atoms with van der Waals surface area (Å²) in [5.74, 6) is 0.998. The predicted octanol–water partition coefficient (Wildman–Crippen LogP) is 4.90. The van der Waals surface area contributed by atoms with Gasteiger partial charge in [-0.25, -0.2) is 8.42 Å². The van der Waals surface area contributed by atoms with Gasteiger partial charge in [0.05, 0.1) is 30.8 Å². The second-order valence-electron chi connectivity index (χ2n) is 8.47. The summed E-state index contributed by atoms with van der Waals surface area (Å²) in [6, 6.07) is 20.4. The number of methoxy groups -OCH3 is 2. The minimum atomic E-state index is -3.97. The summed E-state index contributed by atoms with van der Waals surface area (Å²) in [6.07, 6.45) is 0. The minimum absolute atomic E-state index is 0.119. The molecule has 0 fully saturated rings. The number of nitrogens with zero attached hydrogens (tertiary/aromatic N) is 1. The highest BCUT2D eigenvalue weighted by Gasteiger charge is 2.27. The lowest BCUT2D eigenvalue weighted by atomic mass is 10.0. The number of hydrogen-bond donors (Lipinski definition) is 1. The molecule has 1 atom stereocenters. The molecule has 0 bridgehead atoms. The van der Waals surface area contributed by atoms with Gasteiger partial charge >= 0.3 is 0 Å². The molecule has 0 saturated heterocycles. The molecule has 1 unspecified atom stereocenters. The Kier molecular flexibility index (Phi) is 8.40. The maximum atomic E-state index is 13.5. The van der Waals surface area contributed by atoms with Gasteiger partial charge < -0.3 is 14.8 Å². The van der Waals surface area contributed by atoms with E-state index >= 15 is 0 Å². The molecule has 186 valence electrons. The second kappa shape index (κ2) is 11.3. The van der Waals surface area contributed by atoms with Gasteiger partial charge in [-0.2, -0.15) is 0 Å². The topological polar surface area (TPSA) is 84.9 Å². The number of benzene rings is 3. The molecule has 8 heteroatoms. The summed E-state index contributed by atoms with van der Waals surface area (Å²) in [4.78, 5) is 13.2. The number of ether oxygens (including phenoxy) is 2. The summed E-state index contributed by atoms with van der Waals surface area (Å²) < 4.78 is 38.8. The van der Waals surface area contributed by atoms with Crippen LogP contribution in [0.15, 0.2) is 77.7 Å². The molecule has 1 N–H and O–H groups in total. The Hall–Kier alpha value is -3.52. The number of sulfonamides is 1. The van der Waals surface area contributed by atoms with Gasteiger partial charge in [0.25, 0.3) is 10.0 Å². The lowest BCUT2D eigenvalue weighted by molar-refractivity contribution is -0.120. The fraction of sp³-hybridized carbons (Fsp3) is 0.296. The molecule has 0 heterocycles. The van der Waals surface area contributed by atoms with Crippen LogP contribution in [0.3, 0.4) is 0 Å². The number of carbonyl (C=O) groups is 1. The first-order valence-electron chi connectivity index (χ1n) is 11.4. The van der Waals surface area contributed by atoms with Crippen LogP contribution in [0.5, 0.6) is 11.5 Å². The number of nitrogens with one attached hydrogen (secondary N) is 1. The van der Waals surface area contributed by atoms with Crippen LogP contribution in [0.4, 0.5) is 5.69 Å².